The van der Waals surface area contributed by atoms with Gasteiger partial charge >= 0.3 is 0 Å². The number of benzene rings is 2. The van der Waals surface area contributed by atoms with Crippen LogP contribution in [0.3, 0.4) is 0 Å². The molecule has 0 spiro atoms. The number of nitrogens with two attached hydrogens (primary N) is 1. The summed E-state index contributed by atoms with van der Waals surface area (Å²) in [6, 6.07) is 16.6. The molecule has 2 nitrogen and oxygen atoms in total. The van der Waals surface area contributed by atoms with Crippen LogP contribution in [0.2, 0.25) is 0 Å². The van der Waals surface area contributed by atoms with Crippen LogP contribution in [0.25, 0.3) is 0 Å². The van der Waals surface area contributed by atoms with Crippen LogP contribution in [0, 0.1) is 0 Å². The van der Waals surface area contributed by atoms with Gasteiger partial charge in [0.25, 0.3) is 0 Å². The third-order valence-electron chi connectivity index (χ3n) is 3.84. The van der Waals surface area contributed by atoms with Crippen LogP contribution < -0.4 is 10.5 Å². The smallest absolute Gasteiger partial charge is 0.126 e. The van der Waals surface area contributed by atoms with Crippen molar-refractivity contribution in [2.24, 2.45) is 5.73 Å². The third-order valence-corrected chi connectivity index (χ3v) is 3.84. The molecule has 0 radical (unpaired) electrons. The number of fused-ring (bicyclic) bond motifs is 1. The Balaban J connectivity index is 1.97. The monoisotopic (exact) mass is 253 g/mol. The second-order valence-electron chi connectivity index (χ2n) is 5.04. The molecule has 0 aromatic heterocycles. The zero-order chi connectivity index (χ0) is 13.2. The van der Waals surface area contributed by atoms with Crippen LogP contribution >= 0.6 is 0 Å². The minimum absolute atomic E-state index is 0.0554. The number of aryl methyl sites for hydroxylation is 1. The van der Waals surface area contributed by atoms with Gasteiger partial charge in [0.2, 0.25) is 0 Å². The number of ether oxygens (including phenoxy) is 1. The van der Waals surface area contributed by atoms with E-state index >= 15 is 0 Å². The van der Waals surface area contributed by atoms with E-state index in [9.17, 15) is 0 Å². The first-order chi connectivity index (χ1) is 9.29. The average Bonchev–Trinajstić information content (AvgIpc) is 2.47. The molecule has 2 N–H and O–H groups in total. The van der Waals surface area contributed by atoms with Gasteiger partial charge in [0.05, 0.1) is 0 Å². The van der Waals surface area contributed by atoms with Crippen molar-refractivity contribution >= 4 is 0 Å². The molecule has 0 bridgehead atoms. The summed E-state index contributed by atoms with van der Waals surface area (Å²) in [6.07, 6.45) is 1.93. The summed E-state index contributed by atoms with van der Waals surface area (Å²) >= 11 is 0. The third kappa shape index (κ3) is 2.24. The average molecular weight is 253 g/mol. The zero-order valence-corrected chi connectivity index (χ0v) is 11.2. The summed E-state index contributed by atoms with van der Waals surface area (Å²) in [7, 11) is 0. The Bertz CT molecular complexity index is 579. The molecule has 2 aromatic carbocycles. The molecule has 98 valence electrons. The van der Waals surface area contributed by atoms with Gasteiger partial charge in [-0.15, -0.1) is 0 Å². The lowest BCUT2D eigenvalue weighted by Crippen LogP contribution is -2.24. The number of rotatable bonds is 2. The van der Waals surface area contributed by atoms with Crippen LogP contribution in [-0.2, 0) is 6.42 Å². The second-order valence-corrected chi connectivity index (χ2v) is 5.04. The van der Waals surface area contributed by atoms with E-state index in [1.807, 2.05) is 18.2 Å². The first-order valence-corrected chi connectivity index (χ1v) is 6.88. The predicted octanol–water partition coefficient (Wildman–Crippen LogP) is 3.77. The summed E-state index contributed by atoms with van der Waals surface area (Å²) in [5.74, 6) is 0.928. The normalized spacial score (nSPS) is 21.6. The lowest BCUT2D eigenvalue weighted by Gasteiger charge is -2.31. The summed E-state index contributed by atoms with van der Waals surface area (Å²) in [4.78, 5) is 0. The quantitative estimate of drug-likeness (QED) is 0.884. The Morgan fingerprint density at radius 1 is 1.05 bits per heavy atom. The first-order valence-electron chi connectivity index (χ1n) is 6.88. The topological polar surface area (TPSA) is 35.2 Å². The molecule has 0 amide bonds. The lowest BCUT2D eigenvalue weighted by molar-refractivity contribution is 0.160. The fourth-order valence-corrected chi connectivity index (χ4v) is 2.81. The van der Waals surface area contributed by atoms with Crippen LogP contribution in [0.1, 0.15) is 42.2 Å². The lowest BCUT2D eigenvalue weighted by atomic mass is 9.91. The maximum atomic E-state index is 6.29. The molecular formula is C17H19NO. The molecule has 1 aliphatic heterocycles. The SMILES string of the molecule is CCc1ccccc1C1C[C@H](N)c2ccccc2O1. The van der Waals surface area contributed by atoms with Crippen LogP contribution in [0.15, 0.2) is 48.5 Å². The Labute approximate surface area is 114 Å². The Kier molecular flexibility index (Phi) is 3.26. The Morgan fingerprint density at radius 3 is 2.53 bits per heavy atom. The standard InChI is InChI=1S/C17H19NO/c1-2-12-7-3-4-8-13(12)17-11-15(18)14-9-5-6-10-16(14)19-17/h3-10,15,17H,2,11,18H2,1H3/t15-,17?/m0/s1. The van der Waals surface area contributed by atoms with Crippen molar-refractivity contribution in [2.75, 3.05) is 0 Å². The predicted molar refractivity (Wildman–Crippen MR) is 77.2 cm³/mol. The van der Waals surface area contributed by atoms with Crippen LogP contribution in [-0.4, -0.2) is 0 Å². The van der Waals surface area contributed by atoms with Gasteiger partial charge in [0, 0.05) is 18.0 Å². The van der Waals surface area contributed by atoms with E-state index in [0.717, 1.165) is 24.2 Å². The Hall–Kier alpha value is -1.80. The van der Waals surface area contributed by atoms with Crippen molar-refractivity contribution in [1.82, 2.24) is 0 Å². The summed E-state index contributed by atoms with van der Waals surface area (Å²) < 4.78 is 6.15. The highest BCUT2D eigenvalue weighted by Gasteiger charge is 2.27. The van der Waals surface area contributed by atoms with Gasteiger partial charge in [-0.05, 0) is 23.6 Å². The van der Waals surface area contributed by atoms with E-state index in [4.69, 9.17) is 10.5 Å². The molecule has 2 heteroatoms. The van der Waals surface area contributed by atoms with Gasteiger partial charge in [0.1, 0.15) is 11.9 Å². The second kappa shape index (κ2) is 5.06. The maximum absolute atomic E-state index is 6.29. The largest absolute Gasteiger partial charge is 0.485 e. The molecule has 0 fully saturated rings. The van der Waals surface area contributed by atoms with E-state index in [1.54, 1.807) is 0 Å². The molecule has 0 saturated heterocycles. The van der Waals surface area contributed by atoms with E-state index in [2.05, 4.69) is 37.3 Å². The molecule has 1 heterocycles. The van der Waals surface area contributed by atoms with Gasteiger partial charge in [-0.3, -0.25) is 0 Å². The summed E-state index contributed by atoms with van der Waals surface area (Å²) in [6.45, 7) is 2.18. The van der Waals surface area contributed by atoms with Crippen molar-refractivity contribution in [3.63, 3.8) is 0 Å². The minimum Gasteiger partial charge on any atom is -0.485 e. The highest BCUT2D eigenvalue weighted by atomic mass is 16.5. The van der Waals surface area contributed by atoms with Crippen molar-refractivity contribution in [3.05, 3.63) is 65.2 Å². The van der Waals surface area contributed by atoms with Gasteiger partial charge in [0.15, 0.2) is 0 Å². The van der Waals surface area contributed by atoms with Gasteiger partial charge in [-0.25, -0.2) is 0 Å². The van der Waals surface area contributed by atoms with Gasteiger partial charge < -0.3 is 10.5 Å². The molecule has 3 rings (SSSR count). The molecule has 2 atom stereocenters. The van der Waals surface area contributed by atoms with Crippen molar-refractivity contribution in [3.8, 4) is 5.75 Å². The highest BCUT2D eigenvalue weighted by molar-refractivity contribution is 5.40. The number of hydrogen-bond acceptors (Lipinski definition) is 2. The maximum Gasteiger partial charge on any atom is 0.126 e. The molecule has 19 heavy (non-hydrogen) atoms. The molecule has 0 saturated carbocycles. The van der Waals surface area contributed by atoms with E-state index in [1.165, 1.54) is 11.1 Å². The molecular weight excluding hydrogens is 234 g/mol. The van der Waals surface area contributed by atoms with Crippen LogP contribution in [0.5, 0.6) is 5.75 Å². The van der Waals surface area contributed by atoms with Crippen molar-refractivity contribution < 1.29 is 4.74 Å². The van der Waals surface area contributed by atoms with E-state index in [-0.39, 0.29) is 12.1 Å². The van der Waals surface area contributed by atoms with Gasteiger partial charge in [-0.1, -0.05) is 49.4 Å². The number of para-hydroxylation sites is 1. The molecule has 1 aliphatic rings. The molecule has 0 aliphatic carbocycles. The summed E-state index contributed by atoms with van der Waals surface area (Å²) in [5, 5.41) is 0. The van der Waals surface area contributed by atoms with Crippen molar-refractivity contribution in [2.45, 2.75) is 31.9 Å². The zero-order valence-electron chi connectivity index (χ0n) is 11.2. The van der Waals surface area contributed by atoms with Gasteiger partial charge in [-0.2, -0.15) is 0 Å². The molecule has 1 unspecified atom stereocenters. The Morgan fingerprint density at radius 2 is 1.74 bits per heavy atom. The highest BCUT2D eigenvalue weighted by Crippen LogP contribution is 2.40. The molecule has 2 aromatic rings. The van der Waals surface area contributed by atoms with E-state index < -0.39 is 0 Å². The fourth-order valence-electron chi connectivity index (χ4n) is 2.81. The summed E-state index contributed by atoms with van der Waals surface area (Å²) in [5.41, 5.74) is 10.0. The van der Waals surface area contributed by atoms with E-state index in [0.29, 0.717) is 0 Å². The van der Waals surface area contributed by atoms with Crippen LogP contribution in [0.4, 0.5) is 0 Å². The first kappa shape index (κ1) is 12.2. The number of hydrogen-bond donors (Lipinski definition) is 1. The fraction of sp³-hybridized carbons (Fsp3) is 0.294. The van der Waals surface area contributed by atoms with Crippen molar-refractivity contribution in [1.29, 1.82) is 0 Å². The minimum atomic E-state index is 0.0554.